The lowest BCUT2D eigenvalue weighted by Gasteiger charge is -1.93. The normalized spacial score (nSPS) is 10.5. The molecule has 1 aromatic heterocycles. The first kappa shape index (κ1) is 6.74. The summed E-state index contributed by atoms with van der Waals surface area (Å²) in [6.45, 7) is 1.93. The fourth-order valence-electron chi connectivity index (χ4n) is 0.674. The van der Waals surface area contributed by atoms with Crippen LogP contribution in [-0.2, 0) is 0 Å². The molecule has 0 spiro atoms. The maximum atomic E-state index is 8.19. The number of hydrogen-bond acceptors (Lipinski definition) is 3. The van der Waals surface area contributed by atoms with Crippen LogP contribution in [0.3, 0.4) is 0 Å². The lowest BCUT2D eigenvalue weighted by atomic mass is 10.2. The van der Waals surface area contributed by atoms with E-state index in [0.717, 1.165) is 11.1 Å². The molecule has 52 valence electrons. The summed E-state index contributed by atoms with van der Waals surface area (Å²) in [7, 11) is 0. The third-order valence-corrected chi connectivity index (χ3v) is 1.28. The van der Waals surface area contributed by atoms with Gasteiger partial charge in [-0.15, -0.1) is 0 Å². The molecule has 0 saturated heterocycles. The highest BCUT2D eigenvalue weighted by molar-refractivity contribution is 5.80. The summed E-state index contributed by atoms with van der Waals surface area (Å²) in [5.74, 6) is 0. The molecule has 0 radical (unpaired) electrons. The molecule has 0 amide bonds. The number of rotatable bonds is 1. The number of aromatic nitrogens is 1. The van der Waals surface area contributed by atoms with Crippen LogP contribution in [0.1, 0.15) is 11.1 Å². The number of aryl methyl sites for hydroxylation is 1. The van der Waals surface area contributed by atoms with Crippen molar-refractivity contribution < 1.29 is 5.21 Å². The molecular weight excluding hydrogens is 128 g/mol. The second kappa shape index (κ2) is 2.96. The van der Waals surface area contributed by atoms with Crippen molar-refractivity contribution in [2.45, 2.75) is 6.92 Å². The average molecular weight is 136 g/mol. The molecule has 0 bridgehead atoms. The molecule has 0 saturated carbocycles. The predicted octanol–water partition coefficient (Wildman–Crippen LogP) is 1.20. The standard InChI is InChI=1S/C7H8N2O/c1-6-2-3-8-4-7(6)5-9-10/h2-5,10H,1H3/b9-5+. The Kier molecular flexibility index (Phi) is 1.99. The van der Waals surface area contributed by atoms with E-state index in [9.17, 15) is 0 Å². The minimum absolute atomic E-state index is 0.838. The Balaban J connectivity index is 3.03. The van der Waals surface area contributed by atoms with Gasteiger partial charge in [0, 0.05) is 18.0 Å². The van der Waals surface area contributed by atoms with Gasteiger partial charge >= 0.3 is 0 Å². The van der Waals surface area contributed by atoms with Crippen LogP contribution in [0.15, 0.2) is 23.6 Å². The molecule has 0 aliphatic carbocycles. The van der Waals surface area contributed by atoms with Gasteiger partial charge in [0.25, 0.3) is 0 Å². The van der Waals surface area contributed by atoms with Crippen molar-refractivity contribution in [2.24, 2.45) is 5.16 Å². The van der Waals surface area contributed by atoms with Gasteiger partial charge in [-0.2, -0.15) is 0 Å². The molecule has 3 heteroatoms. The van der Waals surface area contributed by atoms with Gasteiger partial charge in [-0.05, 0) is 18.6 Å². The monoisotopic (exact) mass is 136 g/mol. The summed E-state index contributed by atoms with van der Waals surface area (Å²) in [4.78, 5) is 3.86. The zero-order chi connectivity index (χ0) is 7.40. The first-order valence-corrected chi connectivity index (χ1v) is 2.92. The fraction of sp³-hybridized carbons (Fsp3) is 0.143. The Bertz CT molecular complexity index is 245. The molecule has 0 aliphatic rings. The predicted molar refractivity (Wildman–Crippen MR) is 38.4 cm³/mol. The molecule has 10 heavy (non-hydrogen) atoms. The summed E-state index contributed by atoms with van der Waals surface area (Å²) in [6, 6.07) is 1.86. The zero-order valence-corrected chi connectivity index (χ0v) is 5.65. The first-order chi connectivity index (χ1) is 4.84. The first-order valence-electron chi connectivity index (χ1n) is 2.92. The van der Waals surface area contributed by atoms with E-state index in [1.807, 2.05) is 13.0 Å². The van der Waals surface area contributed by atoms with Gasteiger partial charge in [-0.1, -0.05) is 5.16 Å². The molecule has 0 aromatic carbocycles. The Morgan fingerprint density at radius 3 is 3.10 bits per heavy atom. The van der Waals surface area contributed by atoms with Gasteiger partial charge in [0.15, 0.2) is 0 Å². The Labute approximate surface area is 59.0 Å². The molecule has 1 rings (SSSR count). The van der Waals surface area contributed by atoms with Gasteiger partial charge in [0.05, 0.1) is 6.21 Å². The summed E-state index contributed by atoms with van der Waals surface area (Å²) in [5.41, 5.74) is 1.89. The number of nitrogens with zero attached hydrogens (tertiary/aromatic N) is 2. The van der Waals surface area contributed by atoms with Crippen LogP contribution in [0.5, 0.6) is 0 Å². The molecule has 1 heterocycles. The summed E-state index contributed by atoms with van der Waals surface area (Å²) >= 11 is 0. The van der Waals surface area contributed by atoms with Crippen LogP contribution in [0, 0.1) is 6.92 Å². The van der Waals surface area contributed by atoms with E-state index >= 15 is 0 Å². The second-order valence-corrected chi connectivity index (χ2v) is 1.98. The van der Waals surface area contributed by atoms with Gasteiger partial charge in [0.2, 0.25) is 0 Å². The summed E-state index contributed by atoms with van der Waals surface area (Å²) < 4.78 is 0. The highest BCUT2D eigenvalue weighted by Crippen LogP contribution is 2.00. The Hall–Kier alpha value is -1.38. The molecular formula is C7H8N2O. The molecule has 1 aromatic rings. The van der Waals surface area contributed by atoms with Gasteiger partial charge in [-0.25, -0.2) is 0 Å². The van der Waals surface area contributed by atoms with Crippen molar-refractivity contribution >= 4 is 6.21 Å². The highest BCUT2D eigenvalue weighted by atomic mass is 16.4. The maximum absolute atomic E-state index is 8.19. The van der Waals surface area contributed by atoms with Crippen molar-refractivity contribution in [2.75, 3.05) is 0 Å². The second-order valence-electron chi connectivity index (χ2n) is 1.98. The van der Waals surface area contributed by atoms with Gasteiger partial charge in [-0.3, -0.25) is 4.98 Å². The summed E-state index contributed by atoms with van der Waals surface area (Å²) in [6.07, 6.45) is 4.71. The van der Waals surface area contributed by atoms with Crippen LogP contribution in [-0.4, -0.2) is 16.4 Å². The molecule has 3 nitrogen and oxygen atoms in total. The lowest BCUT2D eigenvalue weighted by Crippen LogP contribution is -1.86. The Morgan fingerprint density at radius 2 is 2.50 bits per heavy atom. The third kappa shape index (κ3) is 1.31. The van der Waals surface area contributed by atoms with E-state index in [0.29, 0.717) is 0 Å². The van der Waals surface area contributed by atoms with E-state index in [1.54, 1.807) is 12.4 Å². The average Bonchev–Trinajstić information content (AvgIpc) is 1.94. The quantitative estimate of drug-likeness (QED) is 0.358. The minimum Gasteiger partial charge on any atom is -0.411 e. The maximum Gasteiger partial charge on any atom is 0.0751 e. The Morgan fingerprint density at radius 1 is 1.70 bits per heavy atom. The van der Waals surface area contributed by atoms with Gasteiger partial charge < -0.3 is 5.21 Å². The number of hydrogen-bond donors (Lipinski definition) is 1. The lowest BCUT2D eigenvalue weighted by molar-refractivity contribution is 0.322. The van der Waals surface area contributed by atoms with Crippen molar-refractivity contribution in [1.82, 2.24) is 4.98 Å². The van der Waals surface area contributed by atoms with Crippen LogP contribution in [0.2, 0.25) is 0 Å². The van der Waals surface area contributed by atoms with E-state index in [2.05, 4.69) is 10.1 Å². The van der Waals surface area contributed by atoms with E-state index in [-0.39, 0.29) is 0 Å². The summed E-state index contributed by atoms with van der Waals surface area (Å²) in [5, 5.41) is 11.1. The molecule has 0 fully saturated rings. The molecule has 0 unspecified atom stereocenters. The van der Waals surface area contributed by atoms with Crippen molar-refractivity contribution in [3.05, 3.63) is 29.6 Å². The van der Waals surface area contributed by atoms with Crippen LogP contribution < -0.4 is 0 Å². The van der Waals surface area contributed by atoms with Crippen molar-refractivity contribution in [3.8, 4) is 0 Å². The van der Waals surface area contributed by atoms with E-state index < -0.39 is 0 Å². The highest BCUT2D eigenvalue weighted by Gasteiger charge is 1.90. The van der Waals surface area contributed by atoms with Crippen LogP contribution in [0.25, 0.3) is 0 Å². The molecule has 0 atom stereocenters. The number of pyridine rings is 1. The topological polar surface area (TPSA) is 45.5 Å². The minimum atomic E-state index is 0.838. The smallest absolute Gasteiger partial charge is 0.0751 e. The SMILES string of the molecule is Cc1ccncc1/C=N/O. The third-order valence-electron chi connectivity index (χ3n) is 1.28. The zero-order valence-electron chi connectivity index (χ0n) is 5.65. The van der Waals surface area contributed by atoms with Gasteiger partial charge in [0.1, 0.15) is 0 Å². The molecule has 1 N–H and O–H groups in total. The van der Waals surface area contributed by atoms with Crippen molar-refractivity contribution in [1.29, 1.82) is 0 Å². The number of oxime groups is 1. The van der Waals surface area contributed by atoms with Crippen LogP contribution in [0.4, 0.5) is 0 Å². The van der Waals surface area contributed by atoms with E-state index in [4.69, 9.17) is 5.21 Å². The van der Waals surface area contributed by atoms with Crippen LogP contribution >= 0.6 is 0 Å². The van der Waals surface area contributed by atoms with Crippen molar-refractivity contribution in [3.63, 3.8) is 0 Å². The van der Waals surface area contributed by atoms with E-state index in [1.165, 1.54) is 6.21 Å². The largest absolute Gasteiger partial charge is 0.411 e. The molecule has 0 aliphatic heterocycles. The fourth-order valence-corrected chi connectivity index (χ4v) is 0.674.